The summed E-state index contributed by atoms with van der Waals surface area (Å²) in [4.78, 5) is 3.53. The van der Waals surface area contributed by atoms with Gasteiger partial charge in [-0.25, -0.2) is 0 Å². The summed E-state index contributed by atoms with van der Waals surface area (Å²) in [5.41, 5.74) is 1.71. The number of rotatable bonds is 5. The summed E-state index contributed by atoms with van der Waals surface area (Å²) in [5, 5.41) is 19.3. The third kappa shape index (κ3) is 3.82. The van der Waals surface area contributed by atoms with Crippen molar-refractivity contribution in [1.82, 2.24) is 4.90 Å². The van der Waals surface area contributed by atoms with Gasteiger partial charge in [-0.1, -0.05) is 29.8 Å². The molecular weight excluding hydrogens is 398 g/mol. The standard InChI is InChI=1S/C21H26ClNO4S/c1-14-11-21(20-16(10-19(22)28-20)17(25)13-27-21)6-7-23(14)12-15-4-2-3-5-18(15)26-9-8-24/h2-5,10,14,17,24-25H,6-9,11-13H2,1H3/t14-,17-,21+/m0/s1. The van der Waals surface area contributed by atoms with E-state index in [2.05, 4.69) is 17.9 Å². The predicted molar refractivity (Wildman–Crippen MR) is 110 cm³/mol. The van der Waals surface area contributed by atoms with Crippen molar-refractivity contribution in [3.63, 3.8) is 0 Å². The molecule has 0 bridgehead atoms. The number of likely N-dealkylation sites (tertiary alicyclic amines) is 1. The quantitative estimate of drug-likeness (QED) is 0.767. The molecule has 1 fully saturated rings. The Kier molecular flexibility index (Phi) is 5.97. The highest BCUT2D eigenvalue weighted by Crippen LogP contribution is 2.50. The van der Waals surface area contributed by atoms with Crippen molar-refractivity contribution in [1.29, 1.82) is 0 Å². The second kappa shape index (κ2) is 8.30. The Bertz CT molecular complexity index is 828. The number of para-hydroxylation sites is 1. The van der Waals surface area contributed by atoms with Crippen molar-refractivity contribution >= 4 is 22.9 Å². The molecule has 1 spiro atoms. The first-order valence-corrected chi connectivity index (χ1v) is 10.9. The molecule has 0 radical (unpaired) electrons. The van der Waals surface area contributed by atoms with Gasteiger partial charge in [-0.15, -0.1) is 11.3 Å². The predicted octanol–water partition coefficient (Wildman–Crippen LogP) is 3.72. The summed E-state index contributed by atoms with van der Waals surface area (Å²) in [5.74, 6) is 0.827. The van der Waals surface area contributed by atoms with Gasteiger partial charge in [0.1, 0.15) is 24.1 Å². The number of benzene rings is 1. The molecule has 0 saturated carbocycles. The van der Waals surface area contributed by atoms with Crippen molar-refractivity contribution in [2.24, 2.45) is 0 Å². The van der Waals surface area contributed by atoms with E-state index >= 15 is 0 Å². The van der Waals surface area contributed by atoms with Crippen molar-refractivity contribution in [2.45, 2.75) is 44.1 Å². The van der Waals surface area contributed by atoms with Crippen molar-refractivity contribution in [3.05, 3.63) is 50.7 Å². The SMILES string of the molecule is C[C@H]1C[C@@]2(CCN1Cc1ccccc1OCCO)OC[C@H](O)c1cc(Cl)sc12. The van der Waals surface area contributed by atoms with E-state index in [1.165, 1.54) is 11.3 Å². The molecule has 1 aromatic heterocycles. The van der Waals surface area contributed by atoms with Crippen LogP contribution in [0.1, 0.15) is 41.9 Å². The van der Waals surface area contributed by atoms with Gasteiger partial charge in [-0.05, 0) is 31.9 Å². The highest BCUT2D eigenvalue weighted by atomic mass is 35.5. The number of fused-ring (bicyclic) bond motifs is 2. The van der Waals surface area contributed by atoms with Crippen molar-refractivity contribution in [3.8, 4) is 5.75 Å². The fourth-order valence-corrected chi connectivity index (χ4v) is 5.82. The van der Waals surface area contributed by atoms with E-state index in [0.717, 1.165) is 47.7 Å². The fourth-order valence-electron chi connectivity index (χ4n) is 4.35. The molecule has 0 unspecified atom stereocenters. The van der Waals surface area contributed by atoms with E-state index in [0.29, 0.717) is 23.6 Å². The maximum Gasteiger partial charge on any atom is 0.123 e. The molecule has 0 aliphatic carbocycles. The molecular formula is C21H26ClNO4S. The molecule has 2 aliphatic rings. The number of piperidine rings is 1. The van der Waals surface area contributed by atoms with E-state index in [-0.39, 0.29) is 12.2 Å². The first-order chi connectivity index (χ1) is 13.5. The summed E-state index contributed by atoms with van der Waals surface area (Å²) >= 11 is 7.80. The minimum absolute atomic E-state index is 0.00582. The van der Waals surface area contributed by atoms with E-state index in [1.54, 1.807) is 0 Å². The smallest absolute Gasteiger partial charge is 0.123 e. The van der Waals surface area contributed by atoms with Gasteiger partial charge in [0.25, 0.3) is 0 Å². The van der Waals surface area contributed by atoms with Gasteiger partial charge in [0.2, 0.25) is 0 Å². The van der Waals surface area contributed by atoms with Gasteiger partial charge in [-0.2, -0.15) is 0 Å². The lowest BCUT2D eigenvalue weighted by molar-refractivity contribution is -0.139. The number of hydrogen-bond donors (Lipinski definition) is 2. The molecule has 7 heteroatoms. The van der Waals surface area contributed by atoms with Crippen molar-refractivity contribution in [2.75, 3.05) is 26.4 Å². The van der Waals surface area contributed by atoms with Gasteiger partial charge in [-0.3, -0.25) is 4.90 Å². The van der Waals surface area contributed by atoms with Crippen LogP contribution >= 0.6 is 22.9 Å². The Morgan fingerprint density at radius 2 is 2.21 bits per heavy atom. The minimum atomic E-state index is -0.590. The van der Waals surface area contributed by atoms with Crippen LogP contribution in [0, 0.1) is 0 Å². The lowest BCUT2D eigenvalue weighted by Crippen LogP contribution is -2.50. The Morgan fingerprint density at radius 1 is 1.39 bits per heavy atom. The highest BCUT2D eigenvalue weighted by Gasteiger charge is 2.46. The molecule has 5 nitrogen and oxygen atoms in total. The molecule has 2 aliphatic heterocycles. The lowest BCUT2D eigenvalue weighted by Gasteiger charge is -2.47. The van der Waals surface area contributed by atoms with Crippen LogP contribution in [0.25, 0.3) is 0 Å². The van der Waals surface area contributed by atoms with Gasteiger partial charge in [0.15, 0.2) is 0 Å². The summed E-state index contributed by atoms with van der Waals surface area (Å²) < 4.78 is 12.6. The normalized spacial score (nSPS) is 27.7. The fraction of sp³-hybridized carbons (Fsp3) is 0.524. The zero-order valence-corrected chi connectivity index (χ0v) is 17.5. The largest absolute Gasteiger partial charge is 0.491 e. The molecule has 4 rings (SSSR count). The maximum absolute atomic E-state index is 10.3. The van der Waals surface area contributed by atoms with Crippen LogP contribution in [0.5, 0.6) is 5.75 Å². The van der Waals surface area contributed by atoms with E-state index in [1.807, 2.05) is 24.3 Å². The first kappa shape index (κ1) is 20.1. The van der Waals surface area contributed by atoms with E-state index < -0.39 is 6.10 Å². The summed E-state index contributed by atoms with van der Waals surface area (Å²) in [6.45, 7) is 4.53. The van der Waals surface area contributed by atoms with Crippen LogP contribution < -0.4 is 4.74 Å². The van der Waals surface area contributed by atoms with Crippen LogP contribution in [0.3, 0.4) is 0 Å². The van der Waals surface area contributed by atoms with E-state index in [9.17, 15) is 5.11 Å². The Balaban J connectivity index is 1.51. The Hall–Kier alpha value is -1.15. The van der Waals surface area contributed by atoms with Crippen LogP contribution in [0.4, 0.5) is 0 Å². The average Bonchev–Trinajstić information content (AvgIpc) is 3.10. The van der Waals surface area contributed by atoms with Crippen LogP contribution in [0.15, 0.2) is 30.3 Å². The summed E-state index contributed by atoms with van der Waals surface area (Å²) in [7, 11) is 0. The second-order valence-electron chi connectivity index (χ2n) is 7.61. The number of thiophene rings is 1. The summed E-state index contributed by atoms with van der Waals surface area (Å²) in [6, 6.07) is 10.2. The molecule has 28 heavy (non-hydrogen) atoms. The van der Waals surface area contributed by atoms with Crippen molar-refractivity contribution < 1.29 is 19.7 Å². The number of halogens is 1. The Labute approximate surface area is 174 Å². The number of hydrogen-bond acceptors (Lipinski definition) is 6. The van der Waals surface area contributed by atoms with Crippen LogP contribution in [0.2, 0.25) is 4.34 Å². The lowest BCUT2D eigenvalue weighted by atomic mass is 9.81. The van der Waals surface area contributed by atoms with E-state index in [4.69, 9.17) is 26.2 Å². The molecule has 2 aromatic rings. The zero-order valence-electron chi connectivity index (χ0n) is 15.9. The summed E-state index contributed by atoms with van der Waals surface area (Å²) in [6.07, 6.45) is 1.14. The monoisotopic (exact) mass is 423 g/mol. The highest BCUT2D eigenvalue weighted by molar-refractivity contribution is 7.16. The zero-order chi connectivity index (χ0) is 19.7. The topological polar surface area (TPSA) is 62.2 Å². The van der Waals surface area contributed by atoms with Gasteiger partial charge in [0, 0.05) is 35.1 Å². The minimum Gasteiger partial charge on any atom is -0.491 e. The molecule has 1 aromatic carbocycles. The molecule has 0 amide bonds. The molecule has 1 saturated heterocycles. The average molecular weight is 424 g/mol. The third-order valence-corrected chi connectivity index (χ3v) is 7.23. The van der Waals surface area contributed by atoms with Gasteiger partial charge in [0.05, 0.1) is 17.6 Å². The molecule has 152 valence electrons. The molecule has 3 atom stereocenters. The number of aliphatic hydroxyl groups is 2. The molecule has 2 N–H and O–H groups in total. The van der Waals surface area contributed by atoms with Crippen LogP contribution in [-0.4, -0.2) is 47.5 Å². The van der Waals surface area contributed by atoms with Crippen LogP contribution in [-0.2, 0) is 16.9 Å². The maximum atomic E-state index is 10.3. The van der Waals surface area contributed by atoms with Gasteiger partial charge < -0.3 is 19.7 Å². The number of nitrogens with zero attached hydrogens (tertiary/aromatic N) is 1. The Morgan fingerprint density at radius 3 is 3.00 bits per heavy atom. The first-order valence-electron chi connectivity index (χ1n) is 9.70. The number of ether oxygens (including phenoxy) is 2. The second-order valence-corrected chi connectivity index (χ2v) is 9.29. The molecule has 3 heterocycles. The van der Waals surface area contributed by atoms with Gasteiger partial charge >= 0.3 is 0 Å². The number of aliphatic hydroxyl groups excluding tert-OH is 2. The third-order valence-electron chi connectivity index (χ3n) is 5.77.